The number of phenols is 3. The number of aliphatic hydroxyl groups is 3. The first-order valence-corrected chi connectivity index (χ1v) is 9.36. The normalized spacial score (nSPS) is 26.1. The molecule has 10 nitrogen and oxygen atoms in total. The first-order chi connectivity index (χ1) is 14.7. The average Bonchev–Trinajstić information content (AvgIpc) is 2.72. The first-order valence-electron chi connectivity index (χ1n) is 9.36. The summed E-state index contributed by atoms with van der Waals surface area (Å²) < 4.78 is 16.8. The van der Waals surface area contributed by atoms with Crippen LogP contribution < -0.4 is 10.2 Å². The fourth-order valence-corrected chi connectivity index (χ4v) is 3.41. The van der Waals surface area contributed by atoms with E-state index in [9.17, 15) is 35.4 Å². The predicted octanol–water partition coefficient (Wildman–Crippen LogP) is 0.783. The van der Waals surface area contributed by atoms with Gasteiger partial charge >= 0.3 is 0 Å². The number of hydrogen-bond donors (Lipinski definition) is 6. The molecule has 6 N–H and O–H groups in total. The summed E-state index contributed by atoms with van der Waals surface area (Å²) in [7, 11) is 0. The highest BCUT2D eigenvalue weighted by molar-refractivity contribution is 5.88. The molecule has 1 fully saturated rings. The van der Waals surface area contributed by atoms with Crippen molar-refractivity contribution in [1.82, 2.24) is 0 Å². The summed E-state index contributed by atoms with van der Waals surface area (Å²) in [5.41, 5.74) is -0.661. The van der Waals surface area contributed by atoms with Crippen LogP contribution in [0.25, 0.3) is 22.3 Å². The summed E-state index contributed by atoms with van der Waals surface area (Å²) in [6, 6.07) is 7.66. The Bertz CT molecular complexity index is 1170. The molecule has 31 heavy (non-hydrogen) atoms. The highest BCUT2D eigenvalue weighted by Crippen LogP contribution is 2.37. The maximum Gasteiger partial charge on any atom is 0.239 e. The molecular weight excluding hydrogens is 412 g/mol. The number of aliphatic hydroxyl groups excluding tert-OH is 3. The Morgan fingerprint density at radius 2 is 1.58 bits per heavy atom. The summed E-state index contributed by atoms with van der Waals surface area (Å²) in [5, 5.41) is 59.4. The Balaban J connectivity index is 1.90. The van der Waals surface area contributed by atoms with Crippen LogP contribution in [-0.4, -0.2) is 61.3 Å². The summed E-state index contributed by atoms with van der Waals surface area (Å²) in [6.45, 7) is 1.45. The lowest BCUT2D eigenvalue weighted by Crippen LogP contribution is -2.58. The molecule has 10 heteroatoms. The van der Waals surface area contributed by atoms with E-state index in [1.807, 2.05) is 0 Å². The maximum absolute atomic E-state index is 13.2. The van der Waals surface area contributed by atoms with Crippen molar-refractivity contribution in [1.29, 1.82) is 0 Å². The minimum absolute atomic E-state index is 0.0402. The van der Waals surface area contributed by atoms with Crippen LogP contribution in [0.4, 0.5) is 0 Å². The van der Waals surface area contributed by atoms with Crippen molar-refractivity contribution >= 4 is 11.0 Å². The molecule has 2 aromatic carbocycles. The van der Waals surface area contributed by atoms with Gasteiger partial charge in [0.1, 0.15) is 46.5 Å². The van der Waals surface area contributed by atoms with Crippen molar-refractivity contribution in [2.75, 3.05) is 0 Å². The van der Waals surface area contributed by atoms with Crippen LogP contribution in [0.5, 0.6) is 23.0 Å². The molecule has 0 radical (unpaired) electrons. The molecule has 2 heterocycles. The van der Waals surface area contributed by atoms with Gasteiger partial charge in [-0.05, 0) is 31.2 Å². The van der Waals surface area contributed by atoms with Crippen molar-refractivity contribution < 1.29 is 44.5 Å². The van der Waals surface area contributed by atoms with Gasteiger partial charge in [0, 0.05) is 17.7 Å². The summed E-state index contributed by atoms with van der Waals surface area (Å²) in [6.07, 6.45) is -7.11. The molecule has 1 aliphatic rings. The van der Waals surface area contributed by atoms with E-state index in [4.69, 9.17) is 13.9 Å². The fourth-order valence-electron chi connectivity index (χ4n) is 3.41. The van der Waals surface area contributed by atoms with Crippen molar-refractivity contribution in [2.24, 2.45) is 0 Å². The number of benzene rings is 2. The molecule has 0 amide bonds. The lowest BCUT2D eigenvalue weighted by Gasteiger charge is -2.38. The van der Waals surface area contributed by atoms with Crippen LogP contribution in [0.2, 0.25) is 0 Å². The summed E-state index contributed by atoms with van der Waals surface area (Å²) in [4.78, 5) is 13.2. The van der Waals surface area contributed by atoms with E-state index in [1.165, 1.54) is 31.2 Å². The average molecular weight is 432 g/mol. The van der Waals surface area contributed by atoms with Crippen molar-refractivity contribution in [3.63, 3.8) is 0 Å². The Hall–Kier alpha value is -3.31. The van der Waals surface area contributed by atoms with E-state index in [1.54, 1.807) is 0 Å². The molecule has 4 rings (SSSR count). The zero-order chi connectivity index (χ0) is 22.4. The van der Waals surface area contributed by atoms with Gasteiger partial charge in [-0.25, -0.2) is 0 Å². The maximum atomic E-state index is 13.2. The van der Waals surface area contributed by atoms with Crippen LogP contribution >= 0.6 is 0 Å². The van der Waals surface area contributed by atoms with Crippen molar-refractivity contribution in [2.45, 2.75) is 37.6 Å². The van der Waals surface area contributed by atoms with Gasteiger partial charge in [-0.2, -0.15) is 0 Å². The summed E-state index contributed by atoms with van der Waals surface area (Å²) >= 11 is 0. The van der Waals surface area contributed by atoms with E-state index < -0.39 is 47.6 Å². The molecule has 164 valence electrons. The second kappa shape index (κ2) is 7.75. The number of phenolic OH excluding ortho intramolecular Hbond substituents is 3. The molecule has 1 aromatic heterocycles. The molecule has 0 spiro atoms. The van der Waals surface area contributed by atoms with E-state index in [0.717, 1.165) is 12.1 Å². The van der Waals surface area contributed by atoms with Crippen LogP contribution in [0, 0.1) is 0 Å². The van der Waals surface area contributed by atoms with Gasteiger partial charge in [0.2, 0.25) is 17.5 Å². The van der Waals surface area contributed by atoms with Gasteiger partial charge < -0.3 is 44.5 Å². The standard InChI is InChI=1S/C21H20O10/c1-8-15(25)17(27)18(28)21(29-8)31-20-16(26)14-12(24)6-11(23)7-13(14)30-19(20)9-2-4-10(22)5-3-9/h2-8,15,17-18,21-25,27-28H,1H3/t8-,15?,17?,18?,21?/m1/s1. The Morgan fingerprint density at radius 1 is 0.903 bits per heavy atom. The molecule has 4 unspecified atom stereocenters. The molecule has 1 aliphatic heterocycles. The van der Waals surface area contributed by atoms with Gasteiger partial charge in [0.25, 0.3) is 0 Å². The van der Waals surface area contributed by atoms with Gasteiger partial charge in [-0.15, -0.1) is 0 Å². The smallest absolute Gasteiger partial charge is 0.239 e. The highest BCUT2D eigenvalue weighted by Gasteiger charge is 2.44. The minimum Gasteiger partial charge on any atom is -0.508 e. The second-order valence-corrected chi connectivity index (χ2v) is 7.27. The SMILES string of the molecule is C[C@H]1OC(Oc2c(-c3ccc(O)cc3)oc3cc(O)cc(O)c3c2=O)C(O)C(O)C1O. The third-order valence-corrected chi connectivity index (χ3v) is 5.09. The van der Waals surface area contributed by atoms with Crippen LogP contribution in [0.1, 0.15) is 6.92 Å². The predicted molar refractivity (Wildman–Crippen MR) is 106 cm³/mol. The fraction of sp³-hybridized carbons (Fsp3) is 0.286. The molecule has 5 atom stereocenters. The quantitative estimate of drug-likeness (QED) is 0.348. The monoisotopic (exact) mass is 432 g/mol. The van der Waals surface area contributed by atoms with E-state index in [2.05, 4.69) is 0 Å². The Labute approximate surface area is 174 Å². The molecule has 0 aliphatic carbocycles. The van der Waals surface area contributed by atoms with Crippen molar-refractivity contribution in [3.8, 4) is 34.3 Å². The molecule has 3 aromatic rings. The number of hydrogen-bond acceptors (Lipinski definition) is 10. The highest BCUT2D eigenvalue weighted by atomic mass is 16.7. The third kappa shape index (κ3) is 3.66. The van der Waals surface area contributed by atoms with Crippen LogP contribution in [-0.2, 0) is 4.74 Å². The first kappa shape index (κ1) is 20.9. The van der Waals surface area contributed by atoms with Crippen LogP contribution in [0.3, 0.4) is 0 Å². The largest absolute Gasteiger partial charge is 0.508 e. The molecular formula is C21H20O10. The minimum atomic E-state index is -1.69. The molecule has 0 bridgehead atoms. The van der Waals surface area contributed by atoms with Crippen molar-refractivity contribution in [3.05, 3.63) is 46.6 Å². The second-order valence-electron chi connectivity index (χ2n) is 7.27. The van der Waals surface area contributed by atoms with E-state index in [-0.39, 0.29) is 28.2 Å². The Morgan fingerprint density at radius 3 is 2.26 bits per heavy atom. The number of aromatic hydroxyl groups is 3. The Kier molecular flexibility index (Phi) is 5.23. The number of fused-ring (bicyclic) bond motifs is 1. The van der Waals surface area contributed by atoms with Crippen LogP contribution in [0.15, 0.2) is 45.6 Å². The third-order valence-electron chi connectivity index (χ3n) is 5.09. The van der Waals surface area contributed by atoms with Gasteiger partial charge in [0.05, 0.1) is 6.10 Å². The lowest BCUT2D eigenvalue weighted by atomic mass is 10.00. The number of ether oxygens (including phenoxy) is 2. The molecule has 1 saturated heterocycles. The topological polar surface area (TPSA) is 170 Å². The zero-order valence-corrected chi connectivity index (χ0v) is 16.2. The van der Waals surface area contributed by atoms with Gasteiger partial charge in [-0.1, -0.05) is 0 Å². The molecule has 0 saturated carbocycles. The van der Waals surface area contributed by atoms with E-state index in [0.29, 0.717) is 5.56 Å². The lowest BCUT2D eigenvalue weighted by molar-refractivity contribution is -0.268. The van der Waals surface area contributed by atoms with Gasteiger partial charge in [0.15, 0.2) is 5.76 Å². The zero-order valence-electron chi connectivity index (χ0n) is 16.2. The van der Waals surface area contributed by atoms with E-state index >= 15 is 0 Å². The summed E-state index contributed by atoms with van der Waals surface area (Å²) in [5.74, 6) is -1.51. The van der Waals surface area contributed by atoms with Gasteiger partial charge in [-0.3, -0.25) is 4.79 Å². The number of rotatable bonds is 3.